The van der Waals surface area contributed by atoms with Crippen molar-refractivity contribution in [1.29, 1.82) is 0 Å². The lowest BCUT2D eigenvalue weighted by molar-refractivity contribution is -0.117. The smallest absolute Gasteiger partial charge is 0.226 e. The van der Waals surface area contributed by atoms with E-state index in [-0.39, 0.29) is 18.2 Å². The summed E-state index contributed by atoms with van der Waals surface area (Å²) in [5, 5.41) is 2.93. The predicted molar refractivity (Wildman–Crippen MR) is 98.4 cm³/mol. The SMILES string of the molecule is CC(=O)N(CCC(=O)Nc1cccc(C)c1C)c1ccccc1C. The summed E-state index contributed by atoms with van der Waals surface area (Å²) in [7, 11) is 0. The van der Waals surface area contributed by atoms with E-state index in [0.29, 0.717) is 6.54 Å². The molecule has 1 N–H and O–H groups in total. The summed E-state index contributed by atoms with van der Waals surface area (Å²) in [5.41, 5.74) is 4.89. The minimum Gasteiger partial charge on any atom is -0.326 e. The number of carbonyl (C=O) groups excluding carboxylic acids is 2. The van der Waals surface area contributed by atoms with Crippen molar-refractivity contribution in [3.05, 3.63) is 59.2 Å². The number of carbonyl (C=O) groups is 2. The van der Waals surface area contributed by atoms with E-state index in [1.54, 1.807) is 4.90 Å². The van der Waals surface area contributed by atoms with Crippen LogP contribution >= 0.6 is 0 Å². The summed E-state index contributed by atoms with van der Waals surface area (Å²) in [4.78, 5) is 25.9. The van der Waals surface area contributed by atoms with Crippen LogP contribution in [-0.2, 0) is 9.59 Å². The normalized spacial score (nSPS) is 10.3. The molecule has 0 atom stereocenters. The zero-order valence-electron chi connectivity index (χ0n) is 14.7. The van der Waals surface area contributed by atoms with Crippen molar-refractivity contribution in [1.82, 2.24) is 0 Å². The molecule has 0 fully saturated rings. The highest BCUT2D eigenvalue weighted by Crippen LogP contribution is 2.21. The summed E-state index contributed by atoms with van der Waals surface area (Å²) >= 11 is 0. The van der Waals surface area contributed by atoms with E-state index in [1.165, 1.54) is 6.92 Å². The second kappa shape index (κ2) is 7.77. The Hall–Kier alpha value is -2.62. The van der Waals surface area contributed by atoms with Crippen LogP contribution < -0.4 is 10.2 Å². The zero-order valence-corrected chi connectivity index (χ0v) is 14.7. The molecule has 4 heteroatoms. The van der Waals surface area contributed by atoms with E-state index in [1.807, 2.05) is 63.2 Å². The Morgan fingerprint density at radius 3 is 2.29 bits per heavy atom. The number of aryl methyl sites for hydroxylation is 2. The molecule has 0 spiro atoms. The molecule has 0 aliphatic rings. The second-order valence-electron chi connectivity index (χ2n) is 6.00. The Labute approximate surface area is 143 Å². The molecule has 0 aliphatic carbocycles. The Kier molecular flexibility index (Phi) is 5.74. The molecule has 24 heavy (non-hydrogen) atoms. The number of rotatable bonds is 5. The van der Waals surface area contributed by atoms with E-state index in [0.717, 1.165) is 28.1 Å². The van der Waals surface area contributed by atoms with Gasteiger partial charge in [-0.25, -0.2) is 0 Å². The van der Waals surface area contributed by atoms with Gasteiger partial charge in [0.15, 0.2) is 0 Å². The van der Waals surface area contributed by atoms with Crippen molar-refractivity contribution < 1.29 is 9.59 Å². The number of amides is 2. The van der Waals surface area contributed by atoms with Gasteiger partial charge in [0.1, 0.15) is 0 Å². The fourth-order valence-electron chi connectivity index (χ4n) is 2.63. The first kappa shape index (κ1) is 17.7. The predicted octanol–water partition coefficient (Wildman–Crippen LogP) is 3.99. The van der Waals surface area contributed by atoms with Gasteiger partial charge >= 0.3 is 0 Å². The third-order valence-electron chi connectivity index (χ3n) is 4.23. The van der Waals surface area contributed by atoms with Crippen molar-refractivity contribution >= 4 is 23.2 Å². The van der Waals surface area contributed by atoms with E-state index in [4.69, 9.17) is 0 Å². The summed E-state index contributed by atoms with van der Waals surface area (Å²) in [6, 6.07) is 13.5. The van der Waals surface area contributed by atoms with E-state index in [9.17, 15) is 9.59 Å². The van der Waals surface area contributed by atoms with E-state index < -0.39 is 0 Å². The third kappa shape index (κ3) is 4.22. The van der Waals surface area contributed by atoms with Gasteiger partial charge in [0, 0.05) is 31.3 Å². The molecule has 0 aromatic heterocycles. The van der Waals surface area contributed by atoms with Crippen LogP contribution in [0.15, 0.2) is 42.5 Å². The van der Waals surface area contributed by atoms with Gasteiger partial charge in [0.2, 0.25) is 11.8 Å². The van der Waals surface area contributed by atoms with Gasteiger partial charge in [-0.05, 0) is 49.6 Å². The number of hydrogen-bond acceptors (Lipinski definition) is 2. The quantitative estimate of drug-likeness (QED) is 0.904. The van der Waals surface area contributed by atoms with Gasteiger partial charge in [-0.15, -0.1) is 0 Å². The summed E-state index contributed by atoms with van der Waals surface area (Å²) in [6.45, 7) is 7.84. The number of anilines is 2. The van der Waals surface area contributed by atoms with Crippen LogP contribution in [0.3, 0.4) is 0 Å². The van der Waals surface area contributed by atoms with Crippen molar-refractivity contribution in [3.8, 4) is 0 Å². The van der Waals surface area contributed by atoms with Crippen molar-refractivity contribution in [3.63, 3.8) is 0 Å². The molecular weight excluding hydrogens is 300 g/mol. The zero-order chi connectivity index (χ0) is 17.7. The lowest BCUT2D eigenvalue weighted by Crippen LogP contribution is -2.32. The highest BCUT2D eigenvalue weighted by Gasteiger charge is 2.15. The minimum atomic E-state index is -0.0939. The molecule has 0 bridgehead atoms. The van der Waals surface area contributed by atoms with Crippen molar-refractivity contribution in [2.75, 3.05) is 16.8 Å². The molecule has 0 heterocycles. The molecule has 0 unspecified atom stereocenters. The Morgan fingerprint density at radius 1 is 0.958 bits per heavy atom. The molecule has 2 amide bonds. The monoisotopic (exact) mass is 324 g/mol. The third-order valence-corrected chi connectivity index (χ3v) is 4.23. The molecule has 0 radical (unpaired) electrons. The number of benzene rings is 2. The standard InChI is InChI=1S/C20H24N2O2/c1-14-9-7-10-18(16(14)3)21-20(24)12-13-22(17(4)23)19-11-6-5-8-15(19)2/h5-11H,12-13H2,1-4H3,(H,21,24). The highest BCUT2D eigenvalue weighted by molar-refractivity contribution is 5.95. The lowest BCUT2D eigenvalue weighted by Gasteiger charge is -2.23. The first-order chi connectivity index (χ1) is 11.4. The average molecular weight is 324 g/mol. The maximum absolute atomic E-state index is 12.3. The minimum absolute atomic E-state index is 0.0659. The van der Waals surface area contributed by atoms with Gasteiger partial charge < -0.3 is 10.2 Å². The molecule has 126 valence electrons. The van der Waals surface area contributed by atoms with Crippen LogP contribution in [0.4, 0.5) is 11.4 Å². The summed E-state index contributed by atoms with van der Waals surface area (Å²) < 4.78 is 0. The van der Waals surface area contributed by atoms with Crippen molar-refractivity contribution in [2.45, 2.75) is 34.1 Å². The Bertz CT molecular complexity index is 753. The van der Waals surface area contributed by atoms with Crippen LogP contribution in [0.1, 0.15) is 30.0 Å². The fourth-order valence-corrected chi connectivity index (χ4v) is 2.63. The van der Waals surface area contributed by atoms with Gasteiger partial charge in [0.05, 0.1) is 0 Å². The van der Waals surface area contributed by atoms with Crippen LogP contribution in [0.25, 0.3) is 0 Å². The Balaban J connectivity index is 2.05. The van der Waals surface area contributed by atoms with E-state index in [2.05, 4.69) is 5.32 Å². The fraction of sp³-hybridized carbons (Fsp3) is 0.300. The molecule has 4 nitrogen and oxygen atoms in total. The molecule has 2 aromatic rings. The summed E-state index contributed by atoms with van der Waals surface area (Å²) in [5.74, 6) is -0.160. The molecule has 0 saturated carbocycles. The lowest BCUT2D eigenvalue weighted by atomic mass is 10.1. The van der Waals surface area contributed by atoms with Crippen LogP contribution in [0, 0.1) is 20.8 Å². The maximum atomic E-state index is 12.3. The maximum Gasteiger partial charge on any atom is 0.226 e. The van der Waals surface area contributed by atoms with Crippen molar-refractivity contribution in [2.24, 2.45) is 0 Å². The number of nitrogens with one attached hydrogen (secondary N) is 1. The van der Waals surface area contributed by atoms with Crippen LogP contribution in [-0.4, -0.2) is 18.4 Å². The Morgan fingerprint density at radius 2 is 1.62 bits per heavy atom. The molecule has 0 saturated heterocycles. The van der Waals surface area contributed by atoms with Crippen LogP contribution in [0.5, 0.6) is 0 Å². The largest absolute Gasteiger partial charge is 0.326 e. The molecule has 2 aromatic carbocycles. The number of hydrogen-bond donors (Lipinski definition) is 1. The average Bonchev–Trinajstić information content (AvgIpc) is 2.53. The first-order valence-electron chi connectivity index (χ1n) is 8.10. The van der Waals surface area contributed by atoms with E-state index >= 15 is 0 Å². The number of para-hydroxylation sites is 1. The molecule has 0 aliphatic heterocycles. The highest BCUT2D eigenvalue weighted by atomic mass is 16.2. The second-order valence-corrected chi connectivity index (χ2v) is 6.00. The number of nitrogens with zero attached hydrogens (tertiary/aromatic N) is 1. The van der Waals surface area contributed by atoms with Crippen LogP contribution in [0.2, 0.25) is 0 Å². The topological polar surface area (TPSA) is 49.4 Å². The van der Waals surface area contributed by atoms with Gasteiger partial charge in [-0.1, -0.05) is 30.3 Å². The van der Waals surface area contributed by atoms with Gasteiger partial charge in [0.25, 0.3) is 0 Å². The van der Waals surface area contributed by atoms with Gasteiger partial charge in [-0.2, -0.15) is 0 Å². The summed E-state index contributed by atoms with van der Waals surface area (Å²) in [6.07, 6.45) is 0.251. The first-order valence-corrected chi connectivity index (χ1v) is 8.10. The van der Waals surface area contributed by atoms with Gasteiger partial charge in [-0.3, -0.25) is 9.59 Å². The molecule has 2 rings (SSSR count). The molecular formula is C20H24N2O2.